The molecule has 2 atom stereocenters. The van der Waals surface area contributed by atoms with Gasteiger partial charge in [0.05, 0.1) is 10.9 Å². The lowest BCUT2D eigenvalue weighted by molar-refractivity contribution is 0.101. The first kappa shape index (κ1) is 27.3. The van der Waals surface area contributed by atoms with Crippen LogP contribution in [0.1, 0.15) is 34.0 Å². The summed E-state index contributed by atoms with van der Waals surface area (Å²) in [7, 11) is -3.86. The van der Waals surface area contributed by atoms with E-state index < -0.39 is 16.1 Å². The highest BCUT2D eigenvalue weighted by Gasteiger charge is 2.42. The summed E-state index contributed by atoms with van der Waals surface area (Å²) in [5.41, 5.74) is 4.87. The largest absolute Gasteiger partial charge is 0.289 e. The van der Waals surface area contributed by atoms with Crippen LogP contribution in [0, 0.1) is 12.8 Å². The predicted octanol–water partition coefficient (Wildman–Crippen LogP) is 7.35. The van der Waals surface area contributed by atoms with E-state index in [0.717, 1.165) is 26.7 Å². The van der Waals surface area contributed by atoms with Crippen LogP contribution in [0.3, 0.4) is 0 Å². The maximum absolute atomic E-state index is 14.2. The number of hydrogen-bond acceptors (Lipinski definition) is 3. The summed E-state index contributed by atoms with van der Waals surface area (Å²) in [5.74, 6) is -0.386. The SMILES string of the molecule is Cc1ccc(S(=O)(=O)N2C[C@H](C)C(C(=O)c3ccc(Br)cc3)=C(c3ccccc3)[C@@H]2Cc2ccccc2)cc1. The molecule has 0 spiro atoms. The summed E-state index contributed by atoms with van der Waals surface area (Å²) in [5, 5.41) is 0. The first-order valence-corrected chi connectivity index (χ1v) is 15.2. The van der Waals surface area contributed by atoms with E-state index in [0.29, 0.717) is 17.6 Å². The smallest absolute Gasteiger partial charge is 0.243 e. The van der Waals surface area contributed by atoms with Gasteiger partial charge >= 0.3 is 0 Å². The van der Waals surface area contributed by atoms with Crippen molar-refractivity contribution < 1.29 is 13.2 Å². The van der Waals surface area contributed by atoms with Crippen molar-refractivity contribution >= 4 is 37.3 Å². The van der Waals surface area contributed by atoms with Crippen molar-refractivity contribution in [3.63, 3.8) is 0 Å². The van der Waals surface area contributed by atoms with E-state index in [-0.39, 0.29) is 23.1 Å². The lowest BCUT2D eigenvalue weighted by Gasteiger charge is -2.41. The summed E-state index contributed by atoms with van der Waals surface area (Å²) in [6.07, 6.45) is 0.444. The van der Waals surface area contributed by atoms with Crippen LogP contribution in [0.5, 0.6) is 0 Å². The lowest BCUT2D eigenvalue weighted by atomic mass is 9.78. The van der Waals surface area contributed by atoms with Gasteiger partial charge in [-0.2, -0.15) is 4.31 Å². The molecule has 0 saturated heterocycles. The minimum atomic E-state index is -3.86. The van der Waals surface area contributed by atoms with Crippen molar-refractivity contribution in [2.75, 3.05) is 6.54 Å². The molecule has 5 rings (SSSR count). The molecule has 198 valence electrons. The normalized spacial score (nSPS) is 18.2. The molecule has 4 aromatic carbocycles. The van der Waals surface area contributed by atoms with Gasteiger partial charge in [0.25, 0.3) is 0 Å². The second-order valence-corrected chi connectivity index (χ2v) is 12.8. The number of sulfonamides is 1. The van der Waals surface area contributed by atoms with Gasteiger partial charge in [0, 0.05) is 22.2 Å². The molecular formula is C33H30BrNO3S. The van der Waals surface area contributed by atoms with E-state index in [2.05, 4.69) is 15.9 Å². The van der Waals surface area contributed by atoms with Gasteiger partial charge in [-0.25, -0.2) is 8.42 Å². The Morgan fingerprint density at radius 3 is 2.05 bits per heavy atom. The molecule has 1 heterocycles. The highest BCUT2D eigenvalue weighted by atomic mass is 79.9. The van der Waals surface area contributed by atoms with E-state index in [1.165, 1.54) is 0 Å². The third-order valence-corrected chi connectivity index (χ3v) is 9.67. The molecule has 1 aliphatic heterocycles. The molecule has 0 bridgehead atoms. The van der Waals surface area contributed by atoms with Crippen molar-refractivity contribution in [1.82, 2.24) is 4.31 Å². The van der Waals surface area contributed by atoms with Crippen molar-refractivity contribution in [2.24, 2.45) is 5.92 Å². The summed E-state index contributed by atoms with van der Waals surface area (Å²) >= 11 is 3.46. The van der Waals surface area contributed by atoms with Crippen molar-refractivity contribution in [3.05, 3.63) is 141 Å². The number of ketones is 1. The Morgan fingerprint density at radius 1 is 0.846 bits per heavy atom. The van der Waals surface area contributed by atoms with Gasteiger partial charge in [-0.1, -0.05) is 101 Å². The van der Waals surface area contributed by atoms with E-state index >= 15 is 0 Å². The molecule has 1 aliphatic rings. The van der Waals surface area contributed by atoms with Crippen LogP contribution in [0.25, 0.3) is 5.57 Å². The molecule has 39 heavy (non-hydrogen) atoms. The average molecular weight is 601 g/mol. The van der Waals surface area contributed by atoms with Crippen LogP contribution in [0.15, 0.2) is 124 Å². The molecule has 0 aliphatic carbocycles. The van der Waals surface area contributed by atoms with Crippen LogP contribution in [-0.2, 0) is 16.4 Å². The number of halogens is 1. The summed E-state index contributed by atoms with van der Waals surface area (Å²) in [4.78, 5) is 14.4. The zero-order chi connectivity index (χ0) is 27.6. The van der Waals surface area contributed by atoms with Crippen LogP contribution in [0.4, 0.5) is 0 Å². The minimum absolute atomic E-state index is 0.0701. The van der Waals surface area contributed by atoms with Gasteiger partial charge in [-0.15, -0.1) is 0 Å². The summed E-state index contributed by atoms with van der Waals surface area (Å²) < 4.78 is 30.9. The Hall–Kier alpha value is -3.32. The third kappa shape index (κ3) is 5.69. The fourth-order valence-electron chi connectivity index (χ4n) is 5.30. The van der Waals surface area contributed by atoms with Gasteiger partial charge in [0.15, 0.2) is 5.78 Å². The Kier molecular flexibility index (Phi) is 7.98. The standard InChI is InChI=1S/C33H30BrNO3S/c1-23-13-19-29(20-14-23)39(37,38)35-22-24(2)31(33(36)27-15-17-28(34)18-16-27)32(26-11-7-4-8-12-26)30(35)21-25-9-5-3-6-10-25/h3-20,24,30H,21-22H2,1-2H3/t24-,30-/m0/s1. The molecule has 0 radical (unpaired) electrons. The number of nitrogens with zero attached hydrogens (tertiary/aromatic N) is 1. The van der Waals surface area contributed by atoms with Crippen LogP contribution >= 0.6 is 15.9 Å². The first-order valence-electron chi connectivity index (χ1n) is 13.0. The lowest BCUT2D eigenvalue weighted by Crippen LogP contribution is -2.49. The highest BCUT2D eigenvalue weighted by molar-refractivity contribution is 9.10. The summed E-state index contributed by atoms with van der Waals surface area (Å²) in [6.45, 7) is 4.10. The number of rotatable bonds is 7. The Balaban J connectivity index is 1.74. The van der Waals surface area contributed by atoms with Gasteiger partial charge in [-0.05, 0) is 72.4 Å². The molecule has 0 unspecified atom stereocenters. The summed E-state index contributed by atoms with van der Waals surface area (Å²) in [6, 6.07) is 33.4. The number of carbonyl (C=O) groups excluding carboxylic acids is 1. The number of hydrogen-bond donors (Lipinski definition) is 0. The molecule has 6 heteroatoms. The predicted molar refractivity (Wildman–Crippen MR) is 160 cm³/mol. The maximum Gasteiger partial charge on any atom is 0.243 e. The molecule has 0 aromatic heterocycles. The van der Waals surface area contributed by atoms with E-state index in [4.69, 9.17) is 0 Å². The second kappa shape index (κ2) is 11.4. The molecular weight excluding hydrogens is 570 g/mol. The van der Waals surface area contributed by atoms with E-state index in [9.17, 15) is 13.2 Å². The highest BCUT2D eigenvalue weighted by Crippen LogP contribution is 2.41. The number of Topliss-reactive ketones (excluding diaryl/α,β-unsaturated/α-hetero) is 1. The second-order valence-electron chi connectivity index (χ2n) is 10.0. The zero-order valence-corrected chi connectivity index (χ0v) is 24.3. The van der Waals surface area contributed by atoms with E-state index in [1.54, 1.807) is 16.4 Å². The fraction of sp³-hybridized carbons (Fsp3) is 0.182. The van der Waals surface area contributed by atoms with Crippen LogP contribution in [-0.4, -0.2) is 31.1 Å². The maximum atomic E-state index is 14.2. The van der Waals surface area contributed by atoms with Crippen LogP contribution < -0.4 is 0 Å². The molecule has 0 N–H and O–H groups in total. The van der Waals surface area contributed by atoms with Crippen molar-refractivity contribution in [3.8, 4) is 0 Å². The van der Waals surface area contributed by atoms with Gasteiger partial charge < -0.3 is 0 Å². The average Bonchev–Trinajstić information content (AvgIpc) is 2.95. The molecule has 0 amide bonds. The molecule has 0 fully saturated rings. The Labute approximate surface area is 239 Å². The van der Waals surface area contributed by atoms with Crippen LogP contribution in [0.2, 0.25) is 0 Å². The van der Waals surface area contributed by atoms with Crippen molar-refractivity contribution in [2.45, 2.75) is 31.2 Å². The topological polar surface area (TPSA) is 54.5 Å². The van der Waals surface area contributed by atoms with E-state index in [1.807, 2.05) is 111 Å². The van der Waals surface area contributed by atoms with Gasteiger partial charge in [0.2, 0.25) is 10.0 Å². The third-order valence-electron chi connectivity index (χ3n) is 7.25. The number of benzene rings is 4. The molecule has 0 saturated carbocycles. The monoisotopic (exact) mass is 599 g/mol. The Morgan fingerprint density at radius 2 is 1.44 bits per heavy atom. The Bertz CT molecular complexity index is 1600. The number of aryl methyl sites for hydroxylation is 1. The minimum Gasteiger partial charge on any atom is -0.289 e. The molecule has 4 aromatic rings. The fourth-order valence-corrected chi connectivity index (χ4v) is 7.25. The molecule has 4 nitrogen and oxygen atoms in total. The van der Waals surface area contributed by atoms with Crippen molar-refractivity contribution in [1.29, 1.82) is 0 Å². The quantitative estimate of drug-likeness (QED) is 0.209. The number of carbonyl (C=O) groups is 1. The zero-order valence-electron chi connectivity index (χ0n) is 21.9. The van der Waals surface area contributed by atoms with Gasteiger partial charge in [-0.3, -0.25) is 4.79 Å². The first-order chi connectivity index (χ1) is 18.8. The van der Waals surface area contributed by atoms with Gasteiger partial charge in [0.1, 0.15) is 0 Å².